The fourth-order valence-corrected chi connectivity index (χ4v) is 9.21. The van der Waals surface area contributed by atoms with Gasteiger partial charge in [-0.2, -0.15) is 0 Å². The van der Waals surface area contributed by atoms with Gasteiger partial charge in [0.2, 0.25) is 5.91 Å². The van der Waals surface area contributed by atoms with Gasteiger partial charge in [-0.25, -0.2) is 4.79 Å². The van der Waals surface area contributed by atoms with Gasteiger partial charge < -0.3 is 49.8 Å². The summed E-state index contributed by atoms with van der Waals surface area (Å²) in [7, 11) is 8.39. The minimum atomic E-state index is -1.27. The van der Waals surface area contributed by atoms with Crippen LogP contribution < -0.4 is 16.0 Å². The Hall–Kier alpha value is -3.38. The molecule has 63 heavy (non-hydrogen) atoms. The Morgan fingerprint density at radius 1 is 0.825 bits per heavy atom. The average molecular weight is 887 g/mol. The number of hydrogen-bond donors (Lipinski definition) is 7. The summed E-state index contributed by atoms with van der Waals surface area (Å²) in [6.07, 6.45) is -3.12. The summed E-state index contributed by atoms with van der Waals surface area (Å²) in [5.41, 5.74) is 2.52. The summed E-state index contributed by atoms with van der Waals surface area (Å²) in [6, 6.07) is 14.2. The van der Waals surface area contributed by atoms with E-state index in [9.17, 15) is 30.0 Å². The summed E-state index contributed by atoms with van der Waals surface area (Å²) in [5.74, 6) is -1.10. The van der Waals surface area contributed by atoms with Crippen molar-refractivity contribution < 1.29 is 44.2 Å². The molecule has 1 aliphatic heterocycles. The van der Waals surface area contributed by atoms with Crippen LogP contribution in [0.2, 0.25) is 0 Å². The van der Waals surface area contributed by atoms with Gasteiger partial charge in [-0.15, -0.1) is 0 Å². The molecule has 13 atom stereocenters. The Bertz CT molecular complexity index is 1620. The van der Waals surface area contributed by atoms with Crippen LogP contribution in [0.15, 0.2) is 54.6 Å². The second kappa shape index (κ2) is 25.9. The lowest BCUT2D eigenvalue weighted by atomic mass is 9.89. The number of carbonyl (C=O) groups excluding carboxylic acids is 2. The Morgan fingerprint density at radius 3 is 2.00 bits per heavy atom. The number of aliphatic hydroxyl groups is 4. The number of likely N-dealkylation sites (N-methyl/N-ethyl adjacent to an activating group) is 2. The van der Waals surface area contributed by atoms with Gasteiger partial charge in [-0.05, 0) is 60.8 Å². The Balaban J connectivity index is 1.74. The molecule has 2 aromatic rings. The number of methoxy groups -OCH3 is 2. The quantitative estimate of drug-likeness (QED) is 0.0627. The number of amides is 2. The van der Waals surface area contributed by atoms with Gasteiger partial charge in [-0.1, -0.05) is 97.4 Å². The number of rotatable bonds is 26. The molecule has 7 N–H and O–H groups in total. The maximum absolute atomic E-state index is 14.6. The van der Waals surface area contributed by atoms with Crippen molar-refractivity contribution in [1.82, 2.24) is 25.3 Å². The first-order valence-electron chi connectivity index (χ1n) is 22.9. The predicted molar refractivity (Wildman–Crippen MR) is 247 cm³/mol. The zero-order valence-electron chi connectivity index (χ0n) is 40.3. The number of carbonyl (C=O) groups is 2. The van der Waals surface area contributed by atoms with Gasteiger partial charge in [0.25, 0.3) is 0 Å². The number of nitrogens with zero attached hydrogens (tertiary/aromatic N) is 3. The highest BCUT2D eigenvalue weighted by atomic mass is 16.6. The molecule has 1 heterocycles. The topological polar surface area (TPSA) is 189 Å². The third kappa shape index (κ3) is 14.6. The molecule has 15 heteroatoms. The molecule has 0 aliphatic carbocycles. The average Bonchev–Trinajstić information content (AvgIpc) is 3.76. The molecule has 11 unspecified atom stereocenters. The molecular formula is C48H82N6O9. The van der Waals surface area contributed by atoms with Crippen LogP contribution in [0.1, 0.15) is 98.3 Å². The summed E-state index contributed by atoms with van der Waals surface area (Å²) in [5, 5.41) is 55.4. The number of likely N-dealkylation sites (tertiary alicyclic amines) is 1. The van der Waals surface area contributed by atoms with Crippen molar-refractivity contribution in [3.8, 4) is 0 Å². The van der Waals surface area contributed by atoms with Crippen molar-refractivity contribution in [1.29, 1.82) is 0 Å². The van der Waals surface area contributed by atoms with Crippen LogP contribution in [0, 0.1) is 23.7 Å². The molecule has 1 saturated heterocycles. The van der Waals surface area contributed by atoms with Crippen molar-refractivity contribution in [3.05, 3.63) is 65.7 Å². The van der Waals surface area contributed by atoms with Gasteiger partial charge in [-0.3, -0.25) is 20.3 Å². The zero-order valence-corrected chi connectivity index (χ0v) is 40.3. The predicted octanol–water partition coefficient (Wildman–Crippen LogP) is 5.00. The molecular weight excluding hydrogens is 805 g/mol. The lowest BCUT2D eigenvalue weighted by Gasteiger charge is -2.43. The third-order valence-corrected chi connectivity index (χ3v) is 13.2. The third-order valence-electron chi connectivity index (χ3n) is 13.2. The summed E-state index contributed by atoms with van der Waals surface area (Å²) in [6.45, 7) is 16.2. The van der Waals surface area contributed by atoms with E-state index in [0.29, 0.717) is 6.54 Å². The molecule has 0 spiro atoms. The van der Waals surface area contributed by atoms with E-state index in [2.05, 4.69) is 29.8 Å². The second-order valence-corrected chi connectivity index (χ2v) is 18.3. The maximum atomic E-state index is 14.6. The molecule has 1 fully saturated rings. The largest absolute Gasteiger partial charge is 0.445 e. The lowest BCUT2D eigenvalue weighted by molar-refractivity contribution is -0.145. The molecule has 0 radical (unpaired) electrons. The van der Waals surface area contributed by atoms with Gasteiger partial charge in [0, 0.05) is 72.0 Å². The van der Waals surface area contributed by atoms with E-state index in [0.717, 1.165) is 36.1 Å². The van der Waals surface area contributed by atoms with Crippen molar-refractivity contribution in [2.45, 2.75) is 155 Å². The highest BCUT2D eigenvalue weighted by Crippen LogP contribution is 2.32. The van der Waals surface area contributed by atoms with E-state index < -0.39 is 73.2 Å². The monoisotopic (exact) mass is 887 g/mol. The maximum Gasteiger partial charge on any atom is 0.410 e. The van der Waals surface area contributed by atoms with Crippen LogP contribution in [-0.4, -0.2) is 150 Å². The molecule has 0 saturated carbocycles. The van der Waals surface area contributed by atoms with Crippen LogP contribution >= 0.6 is 0 Å². The first kappa shape index (κ1) is 54.0. The zero-order chi connectivity index (χ0) is 47.1. The van der Waals surface area contributed by atoms with Crippen LogP contribution in [0.3, 0.4) is 0 Å². The summed E-state index contributed by atoms with van der Waals surface area (Å²) < 4.78 is 17.8. The van der Waals surface area contributed by atoms with Gasteiger partial charge >= 0.3 is 6.09 Å². The smallest absolute Gasteiger partial charge is 0.410 e. The van der Waals surface area contributed by atoms with Crippen LogP contribution in [-0.2, 0) is 25.6 Å². The van der Waals surface area contributed by atoms with E-state index in [4.69, 9.17) is 14.2 Å². The normalized spacial score (nSPS) is 20.5. The minimum absolute atomic E-state index is 0.0249. The van der Waals surface area contributed by atoms with Crippen LogP contribution in [0.4, 0.5) is 10.5 Å². The van der Waals surface area contributed by atoms with Gasteiger partial charge in [0.05, 0.1) is 36.4 Å². The van der Waals surface area contributed by atoms with Crippen LogP contribution in [0.25, 0.3) is 0 Å². The Kier molecular flexibility index (Phi) is 22.2. The molecule has 2 amide bonds. The molecule has 3 rings (SSSR count). The molecule has 0 bridgehead atoms. The standard InChI is InChI=1S/C48H82N6O9/c1-14-31(6)42(52(10)47(59)40(29(2)3)51-46(58)41(30(4)5)53(11)48(60)63-28-34-22-24-36(49-9)25-23-34)38(61-12)27-39(55)54-26-18-21-37(54)44(62-13)32(7)45(57)50-33(8)43(56)35-19-16-15-17-20-35/h15-17,19-20,22-25,29-33,37-46,49-51,55-58H,14,18,21,26-28H2,1-13H3/t31?,32?,33?,37?,38?,39?,40-,41-,42?,43?,44?,45?,46?/m0/s1. The highest BCUT2D eigenvalue weighted by molar-refractivity contribution is 5.82. The van der Waals surface area contributed by atoms with Crippen molar-refractivity contribution in [2.75, 3.05) is 47.2 Å². The number of aliphatic hydroxyl groups excluding tert-OH is 4. The Labute approximate surface area is 377 Å². The van der Waals surface area contributed by atoms with Crippen LogP contribution in [0.5, 0.6) is 0 Å². The second-order valence-electron chi connectivity index (χ2n) is 18.3. The first-order chi connectivity index (χ1) is 29.8. The number of benzene rings is 2. The summed E-state index contributed by atoms with van der Waals surface area (Å²) >= 11 is 0. The molecule has 15 nitrogen and oxygen atoms in total. The highest BCUT2D eigenvalue weighted by Gasteiger charge is 2.44. The molecule has 358 valence electrons. The van der Waals surface area contributed by atoms with Gasteiger partial charge in [0.1, 0.15) is 25.3 Å². The van der Waals surface area contributed by atoms with E-state index >= 15 is 0 Å². The number of anilines is 1. The Morgan fingerprint density at radius 2 is 1.46 bits per heavy atom. The SMILES string of the molecule is CCC(C)C(C(CC(O)N1CCCC1C(OC)C(C)C(O)NC(C)C(O)c1ccccc1)OC)N(C)C(=O)[C@@H](NC(O)[C@H](C(C)C)N(C)C(=O)OCc1ccc(NC)cc1)C(C)C. The van der Waals surface area contributed by atoms with E-state index in [1.165, 1.54) is 4.90 Å². The molecule has 1 aliphatic rings. The lowest BCUT2D eigenvalue weighted by Crippen LogP contribution is -2.62. The van der Waals surface area contributed by atoms with Gasteiger partial charge in [0.15, 0.2) is 0 Å². The van der Waals surface area contributed by atoms with E-state index in [1.807, 2.05) is 108 Å². The first-order valence-corrected chi connectivity index (χ1v) is 22.9. The number of hydrogen-bond acceptors (Lipinski definition) is 13. The molecule has 0 aromatic heterocycles. The van der Waals surface area contributed by atoms with Crippen molar-refractivity contribution in [2.24, 2.45) is 23.7 Å². The van der Waals surface area contributed by atoms with Crippen molar-refractivity contribution in [3.63, 3.8) is 0 Å². The fourth-order valence-electron chi connectivity index (χ4n) is 9.21. The molecule has 2 aromatic carbocycles. The fraction of sp³-hybridized carbons (Fsp3) is 0.708. The summed E-state index contributed by atoms with van der Waals surface area (Å²) in [4.78, 5) is 33.0. The number of nitrogens with one attached hydrogen (secondary N) is 3. The van der Waals surface area contributed by atoms with E-state index in [-0.39, 0.29) is 42.7 Å². The van der Waals surface area contributed by atoms with E-state index in [1.54, 1.807) is 33.2 Å². The number of ether oxygens (including phenoxy) is 3. The van der Waals surface area contributed by atoms with Crippen molar-refractivity contribution >= 4 is 17.7 Å². The minimum Gasteiger partial charge on any atom is -0.445 e.